The van der Waals surface area contributed by atoms with Gasteiger partial charge in [0.15, 0.2) is 0 Å². The zero-order valence-corrected chi connectivity index (χ0v) is 17.6. The maximum Gasteiger partial charge on any atom is 0.334 e. The molecular weight excluding hydrogens is 396 g/mol. The molecular formula is C23H28N4O4. The van der Waals surface area contributed by atoms with Crippen molar-refractivity contribution < 1.29 is 19.2 Å². The van der Waals surface area contributed by atoms with Crippen molar-refractivity contribution in [1.82, 2.24) is 9.80 Å². The van der Waals surface area contributed by atoms with Crippen LogP contribution in [0.15, 0.2) is 35.9 Å². The van der Waals surface area contributed by atoms with Crippen molar-refractivity contribution >= 4 is 35.1 Å². The van der Waals surface area contributed by atoms with E-state index < -0.39 is 30.3 Å². The molecule has 31 heavy (non-hydrogen) atoms. The number of benzene rings is 1. The van der Waals surface area contributed by atoms with Crippen LogP contribution in [-0.2, 0) is 14.4 Å². The average molecular weight is 425 g/mol. The fourth-order valence-electron chi connectivity index (χ4n) is 4.35. The predicted molar refractivity (Wildman–Crippen MR) is 117 cm³/mol. The average Bonchev–Trinajstić information content (AvgIpc) is 3.38. The monoisotopic (exact) mass is 424 g/mol. The van der Waals surface area contributed by atoms with Crippen LogP contribution in [0, 0.1) is 0 Å². The Labute approximate surface area is 181 Å². The van der Waals surface area contributed by atoms with Gasteiger partial charge in [-0.05, 0) is 69.2 Å². The van der Waals surface area contributed by atoms with Gasteiger partial charge in [0.2, 0.25) is 5.91 Å². The summed E-state index contributed by atoms with van der Waals surface area (Å²) in [7, 11) is 0. The summed E-state index contributed by atoms with van der Waals surface area (Å²) in [5, 5.41) is 2.70. The van der Waals surface area contributed by atoms with Crippen molar-refractivity contribution in [3.05, 3.63) is 35.9 Å². The highest BCUT2D eigenvalue weighted by Gasteiger charge is 2.44. The molecule has 2 fully saturated rings. The summed E-state index contributed by atoms with van der Waals surface area (Å²) in [4.78, 5) is 53.5. The number of urea groups is 1. The maximum atomic E-state index is 12.6. The van der Waals surface area contributed by atoms with E-state index in [4.69, 9.17) is 0 Å². The number of hydrogen-bond donors (Lipinski definition) is 1. The van der Waals surface area contributed by atoms with Gasteiger partial charge in [0.1, 0.15) is 6.54 Å². The van der Waals surface area contributed by atoms with E-state index in [1.807, 2.05) is 12.1 Å². The first kappa shape index (κ1) is 21.1. The van der Waals surface area contributed by atoms with Crippen molar-refractivity contribution in [3.8, 4) is 0 Å². The standard InChI is InChI=1S/C23H28N4O4/c28-20(24-18-8-10-19(11-9-18)25-13-4-5-14-25)16-27-22(30)21(29)26(23(27)31)15-12-17-6-2-1-3-7-17/h6,8-11H,1-5,7,12-16H2,(H,24,28). The normalized spacial score (nSPS) is 19.3. The molecule has 0 aromatic heterocycles. The fraction of sp³-hybridized carbons (Fsp3) is 0.478. The Morgan fingerprint density at radius 2 is 1.61 bits per heavy atom. The molecule has 3 aliphatic rings. The van der Waals surface area contributed by atoms with Gasteiger partial charge in [-0.25, -0.2) is 9.69 Å². The van der Waals surface area contributed by atoms with Crippen LogP contribution < -0.4 is 10.2 Å². The minimum absolute atomic E-state index is 0.172. The Balaban J connectivity index is 1.31. The first-order valence-electron chi connectivity index (χ1n) is 11.0. The van der Waals surface area contributed by atoms with Gasteiger partial charge < -0.3 is 10.2 Å². The number of carbonyl (C=O) groups excluding carboxylic acids is 4. The Morgan fingerprint density at radius 3 is 2.29 bits per heavy atom. The molecule has 1 aromatic rings. The number of nitrogens with one attached hydrogen (secondary N) is 1. The van der Waals surface area contributed by atoms with Crippen LogP contribution in [0.2, 0.25) is 0 Å². The maximum absolute atomic E-state index is 12.6. The molecule has 0 unspecified atom stereocenters. The number of anilines is 2. The van der Waals surface area contributed by atoms with Crippen LogP contribution in [0.5, 0.6) is 0 Å². The molecule has 0 radical (unpaired) electrons. The lowest BCUT2D eigenvalue weighted by Crippen LogP contribution is -2.39. The Morgan fingerprint density at radius 1 is 0.903 bits per heavy atom. The van der Waals surface area contributed by atoms with Crippen LogP contribution in [0.1, 0.15) is 44.9 Å². The van der Waals surface area contributed by atoms with Gasteiger partial charge in [-0.1, -0.05) is 11.6 Å². The van der Waals surface area contributed by atoms with Crippen LogP contribution in [-0.4, -0.2) is 59.7 Å². The Kier molecular flexibility index (Phi) is 6.34. The predicted octanol–water partition coefficient (Wildman–Crippen LogP) is 2.91. The van der Waals surface area contributed by atoms with Gasteiger partial charge in [-0.3, -0.25) is 19.3 Å². The van der Waals surface area contributed by atoms with Gasteiger partial charge in [0.05, 0.1) is 0 Å². The molecule has 1 aromatic carbocycles. The van der Waals surface area contributed by atoms with Gasteiger partial charge in [-0.15, -0.1) is 0 Å². The van der Waals surface area contributed by atoms with E-state index >= 15 is 0 Å². The Bertz CT molecular complexity index is 903. The van der Waals surface area contributed by atoms with Crippen molar-refractivity contribution in [2.75, 3.05) is 36.4 Å². The highest BCUT2D eigenvalue weighted by Crippen LogP contribution is 2.23. The van der Waals surface area contributed by atoms with E-state index in [9.17, 15) is 19.2 Å². The highest BCUT2D eigenvalue weighted by atomic mass is 16.2. The van der Waals surface area contributed by atoms with E-state index in [-0.39, 0.29) is 6.54 Å². The number of rotatable bonds is 7. The third-order valence-electron chi connectivity index (χ3n) is 6.10. The molecule has 2 aliphatic heterocycles. The van der Waals surface area contributed by atoms with Gasteiger partial charge in [0, 0.05) is 31.0 Å². The third kappa shape index (κ3) is 4.78. The molecule has 2 saturated heterocycles. The number of carbonyl (C=O) groups is 4. The lowest BCUT2D eigenvalue weighted by atomic mass is 9.97. The first-order valence-corrected chi connectivity index (χ1v) is 11.0. The van der Waals surface area contributed by atoms with E-state index in [0.717, 1.165) is 54.3 Å². The number of hydrogen-bond acceptors (Lipinski definition) is 5. The lowest BCUT2D eigenvalue weighted by Gasteiger charge is -2.18. The van der Waals surface area contributed by atoms with Gasteiger partial charge in [0.25, 0.3) is 0 Å². The summed E-state index contributed by atoms with van der Waals surface area (Å²) >= 11 is 0. The molecule has 0 atom stereocenters. The molecule has 2 heterocycles. The van der Waals surface area contributed by atoms with E-state index in [1.54, 1.807) is 12.1 Å². The van der Waals surface area contributed by atoms with Crippen LogP contribution in [0.25, 0.3) is 0 Å². The minimum atomic E-state index is -0.942. The summed E-state index contributed by atoms with van der Waals surface area (Å²) in [6, 6.07) is 6.77. The van der Waals surface area contributed by atoms with Crippen molar-refractivity contribution in [3.63, 3.8) is 0 Å². The number of nitrogens with zero attached hydrogens (tertiary/aromatic N) is 3. The van der Waals surface area contributed by atoms with Crippen LogP contribution in [0.4, 0.5) is 16.2 Å². The van der Waals surface area contributed by atoms with Gasteiger partial charge in [-0.2, -0.15) is 0 Å². The van der Waals surface area contributed by atoms with E-state index in [0.29, 0.717) is 12.1 Å². The summed E-state index contributed by atoms with van der Waals surface area (Å²) in [6.45, 7) is 1.77. The SMILES string of the molecule is O=C(CN1C(=O)C(=O)N(CCC2=CCCCC2)C1=O)Nc1ccc(N2CCCC2)cc1. The molecule has 1 aliphatic carbocycles. The highest BCUT2D eigenvalue weighted by molar-refractivity contribution is 6.45. The fourth-order valence-corrected chi connectivity index (χ4v) is 4.35. The smallest absolute Gasteiger partial charge is 0.334 e. The molecule has 8 nitrogen and oxygen atoms in total. The molecule has 0 saturated carbocycles. The topological polar surface area (TPSA) is 90.0 Å². The molecule has 164 valence electrons. The molecule has 0 bridgehead atoms. The van der Waals surface area contributed by atoms with E-state index in [1.165, 1.54) is 18.4 Å². The van der Waals surface area contributed by atoms with E-state index in [2.05, 4.69) is 16.3 Å². The molecule has 8 heteroatoms. The number of allylic oxidation sites excluding steroid dienone is 1. The second-order valence-electron chi connectivity index (χ2n) is 8.28. The lowest BCUT2D eigenvalue weighted by molar-refractivity contribution is -0.143. The second-order valence-corrected chi connectivity index (χ2v) is 8.28. The molecule has 4 rings (SSSR count). The van der Waals surface area contributed by atoms with Gasteiger partial charge >= 0.3 is 17.8 Å². The number of amides is 5. The quantitative estimate of drug-likeness (QED) is 0.413. The largest absolute Gasteiger partial charge is 0.372 e. The second kappa shape index (κ2) is 9.32. The van der Waals surface area contributed by atoms with Crippen molar-refractivity contribution in [2.24, 2.45) is 0 Å². The minimum Gasteiger partial charge on any atom is -0.372 e. The summed E-state index contributed by atoms with van der Waals surface area (Å²) < 4.78 is 0. The summed E-state index contributed by atoms with van der Waals surface area (Å²) in [5.41, 5.74) is 2.90. The van der Waals surface area contributed by atoms with Crippen LogP contribution >= 0.6 is 0 Å². The van der Waals surface area contributed by atoms with Crippen LogP contribution in [0.3, 0.4) is 0 Å². The summed E-state index contributed by atoms with van der Waals surface area (Å²) in [6.07, 6.45) is 9.35. The molecule has 1 N–H and O–H groups in total. The zero-order valence-electron chi connectivity index (χ0n) is 17.6. The van der Waals surface area contributed by atoms with Crippen molar-refractivity contribution in [2.45, 2.75) is 44.9 Å². The number of imide groups is 2. The first-order chi connectivity index (χ1) is 15.0. The Hall–Kier alpha value is -3.16. The zero-order chi connectivity index (χ0) is 21.8. The third-order valence-corrected chi connectivity index (χ3v) is 6.10. The summed E-state index contributed by atoms with van der Waals surface area (Å²) in [5.74, 6) is -2.31. The molecule has 0 spiro atoms. The molecule has 5 amide bonds. The van der Waals surface area contributed by atoms with Crippen molar-refractivity contribution in [1.29, 1.82) is 0 Å².